The minimum Gasteiger partial charge on any atom is -0.352 e. The van der Waals surface area contributed by atoms with Crippen molar-refractivity contribution >= 4 is 35.8 Å². The minimum absolute atomic E-state index is 0. The molecule has 2 aromatic carbocycles. The van der Waals surface area contributed by atoms with E-state index in [-0.39, 0.29) is 29.9 Å². The molecule has 0 aliphatic heterocycles. The maximum Gasteiger partial charge on any atom is 0.253 e. The number of nitrogens with one attached hydrogen (secondary N) is 2. The Labute approximate surface area is 206 Å². The van der Waals surface area contributed by atoms with Crippen LogP contribution >= 0.6 is 24.0 Å². The highest BCUT2D eigenvalue weighted by Crippen LogP contribution is 2.07. The van der Waals surface area contributed by atoms with E-state index in [4.69, 9.17) is 4.99 Å². The second-order valence-electron chi connectivity index (χ2n) is 7.48. The number of benzene rings is 2. The van der Waals surface area contributed by atoms with Crippen LogP contribution in [0.15, 0.2) is 59.6 Å². The fraction of sp³-hybridized carbons (Fsp3) is 0.304. The molecule has 1 heterocycles. The van der Waals surface area contributed by atoms with Crippen molar-refractivity contribution in [1.82, 2.24) is 30.3 Å². The quantitative estimate of drug-likeness (QED) is 0.270. The summed E-state index contributed by atoms with van der Waals surface area (Å²) in [6, 6.07) is 17.7. The van der Waals surface area contributed by atoms with Gasteiger partial charge in [0.25, 0.3) is 5.91 Å². The highest BCUT2D eigenvalue weighted by atomic mass is 127. The lowest BCUT2D eigenvalue weighted by molar-refractivity contribution is 0.0827. The Kier molecular flexibility index (Phi) is 9.63. The summed E-state index contributed by atoms with van der Waals surface area (Å²) >= 11 is 0. The van der Waals surface area contributed by atoms with E-state index in [0.717, 1.165) is 22.8 Å². The van der Waals surface area contributed by atoms with Crippen LogP contribution in [0.25, 0.3) is 0 Å². The lowest BCUT2D eigenvalue weighted by Gasteiger charge is -2.14. The average molecular weight is 547 g/mol. The normalized spacial score (nSPS) is 10.9. The number of hydrogen-bond acceptors (Lipinski definition) is 4. The summed E-state index contributed by atoms with van der Waals surface area (Å²) in [6.07, 6.45) is 0. The van der Waals surface area contributed by atoms with Crippen molar-refractivity contribution in [3.8, 4) is 0 Å². The fourth-order valence-corrected chi connectivity index (χ4v) is 2.90. The third kappa shape index (κ3) is 7.04. The summed E-state index contributed by atoms with van der Waals surface area (Å²) in [5.41, 5.74) is 2.85. The van der Waals surface area contributed by atoms with E-state index in [9.17, 15) is 4.79 Å². The maximum absolute atomic E-state index is 12.1. The molecule has 0 atom stereocenters. The van der Waals surface area contributed by atoms with Gasteiger partial charge in [-0.25, -0.2) is 4.99 Å². The number of rotatable bonds is 7. The van der Waals surface area contributed by atoms with Crippen LogP contribution in [-0.2, 0) is 26.7 Å². The number of carbonyl (C=O) groups excluding carboxylic acids is 1. The van der Waals surface area contributed by atoms with Crippen LogP contribution in [0.1, 0.15) is 33.1 Å². The third-order valence-corrected chi connectivity index (χ3v) is 4.93. The van der Waals surface area contributed by atoms with Gasteiger partial charge >= 0.3 is 0 Å². The molecule has 3 rings (SSSR count). The van der Waals surface area contributed by atoms with Gasteiger partial charge in [0.05, 0.1) is 13.1 Å². The van der Waals surface area contributed by atoms with Crippen molar-refractivity contribution in [2.45, 2.75) is 26.6 Å². The molecule has 9 heteroatoms. The average Bonchev–Trinajstić information content (AvgIpc) is 3.11. The number of aliphatic imine (C=N–C) groups is 1. The van der Waals surface area contributed by atoms with Gasteiger partial charge in [-0.1, -0.05) is 42.5 Å². The second kappa shape index (κ2) is 12.2. The molecule has 0 radical (unpaired) electrons. The van der Waals surface area contributed by atoms with Crippen molar-refractivity contribution in [3.63, 3.8) is 0 Å². The zero-order valence-corrected chi connectivity index (χ0v) is 21.2. The predicted molar refractivity (Wildman–Crippen MR) is 137 cm³/mol. The summed E-state index contributed by atoms with van der Waals surface area (Å²) in [4.78, 5) is 18.3. The second-order valence-corrected chi connectivity index (χ2v) is 7.48. The Morgan fingerprint density at radius 1 is 0.969 bits per heavy atom. The molecule has 1 aromatic heterocycles. The van der Waals surface area contributed by atoms with E-state index < -0.39 is 0 Å². The Hall–Kier alpha value is -2.95. The molecule has 170 valence electrons. The highest BCUT2D eigenvalue weighted by Gasteiger charge is 2.09. The number of amides is 1. The Balaban J connectivity index is 0.00000363. The number of hydrogen-bond donors (Lipinski definition) is 2. The Bertz CT molecular complexity index is 1030. The summed E-state index contributed by atoms with van der Waals surface area (Å²) < 4.78 is 1.95. The third-order valence-electron chi connectivity index (χ3n) is 4.93. The van der Waals surface area contributed by atoms with Crippen molar-refractivity contribution in [1.29, 1.82) is 0 Å². The number of halogens is 1. The molecule has 0 saturated heterocycles. The zero-order valence-electron chi connectivity index (χ0n) is 18.9. The highest BCUT2D eigenvalue weighted by molar-refractivity contribution is 14.0. The summed E-state index contributed by atoms with van der Waals surface area (Å²) in [7, 11) is 5.44. The van der Waals surface area contributed by atoms with E-state index in [2.05, 4.69) is 20.8 Å². The van der Waals surface area contributed by atoms with Gasteiger partial charge in [0.15, 0.2) is 11.8 Å². The Morgan fingerprint density at radius 3 is 2.22 bits per heavy atom. The first kappa shape index (κ1) is 25.3. The van der Waals surface area contributed by atoms with Crippen LogP contribution in [0.3, 0.4) is 0 Å². The number of nitrogens with zero attached hydrogens (tertiary/aromatic N) is 5. The van der Waals surface area contributed by atoms with Crippen molar-refractivity contribution in [2.24, 2.45) is 12.0 Å². The lowest BCUT2D eigenvalue weighted by atomic mass is 10.1. The van der Waals surface area contributed by atoms with Crippen molar-refractivity contribution in [2.75, 3.05) is 14.1 Å². The van der Waals surface area contributed by atoms with Gasteiger partial charge in [0.1, 0.15) is 5.82 Å². The van der Waals surface area contributed by atoms with Crippen molar-refractivity contribution < 1.29 is 4.79 Å². The molecule has 0 saturated carbocycles. The fourth-order valence-electron chi connectivity index (χ4n) is 2.90. The maximum atomic E-state index is 12.1. The van der Waals surface area contributed by atoms with Crippen LogP contribution < -0.4 is 10.6 Å². The first-order valence-corrected chi connectivity index (χ1v) is 10.2. The molecule has 0 unspecified atom stereocenters. The molecule has 3 aromatic rings. The first-order valence-electron chi connectivity index (χ1n) is 10.2. The van der Waals surface area contributed by atoms with E-state index in [0.29, 0.717) is 31.2 Å². The van der Waals surface area contributed by atoms with Crippen LogP contribution in [0.2, 0.25) is 0 Å². The smallest absolute Gasteiger partial charge is 0.253 e. The van der Waals surface area contributed by atoms with Gasteiger partial charge in [-0.15, -0.1) is 34.2 Å². The molecule has 2 N–H and O–H groups in total. The molecule has 8 nitrogen and oxygen atoms in total. The number of aryl methyl sites for hydroxylation is 1. The van der Waals surface area contributed by atoms with E-state index >= 15 is 0 Å². The van der Waals surface area contributed by atoms with E-state index in [1.165, 1.54) is 0 Å². The topological polar surface area (TPSA) is 87.4 Å². The summed E-state index contributed by atoms with van der Waals surface area (Å²) in [5.74, 6) is 2.36. The first-order chi connectivity index (χ1) is 14.9. The minimum atomic E-state index is -0.00902. The molecule has 1 amide bonds. The molecule has 0 fully saturated rings. The van der Waals surface area contributed by atoms with E-state index in [1.807, 2.05) is 73.1 Å². The Morgan fingerprint density at radius 2 is 1.62 bits per heavy atom. The number of carbonyl (C=O) groups is 1. The summed E-state index contributed by atoms with van der Waals surface area (Å²) in [5, 5.41) is 15.0. The standard InChI is InChI=1S/C23H29N7O.HI/c1-17-27-28-21(30(17)4)16-26-23(24-14-18-8-6-5-7-9-18)25-15-19-10-12-20(13-11-19)22(31)29(2)3;/h5-13H,14-16H2,1-4H3,(H2,24,25,26);1H. The van der Waals surface area contributed by atoms with Gasteiger partial charge in [-0.3, -0.25) is 4.79 Å². The molecule has 32 heavy (non-hydrogen) atoms. The summed E-state index contributed by atoms with van der Waals surface area (Å²) in [6.45, 7) is 3.57. The predicted octanol–water partition coefficient (Wildman–Crippen LogP) is 2.88. The molecular formula is C23H30IN7O. The molecular weight excluding hydrogens is 517 g/mol. The molecule has 0 aliphatic rings. The van der Waals surface area contributed by atoms with Crippen LogP contribution in [-0.4, -0.2) is 45.6 Å². The molecule has 0 spiro atoms. The zero-order chi connectivity index (χ0) is 22.2. The van der Waals surface area contributed by atoms with Gasteiger partial charge in [0.2, 0.25) is 0 Å². The molecule has 0 aliphatic carbocycles. The van der Waals surface area contributed by atoms with Crippen molar-refractivity contribution in [3.05, 3.63) is 82.9 Å². The van der Waals surface area contributed by atoms with Gasteiger partial charge in [0, 0.05) is 33.3 Å². The van der Waals surface area contributed by atoms with Crippen LogP contribution in [0.4, 0.5) is 0 Å². The SMILES string of the molecule is Cc1nnc(CNC(=NCc2ccccc2)NCc2ccc(C(=O)N(C)C)cc2)n1C.I. The monoisotopic (exact) mass is 547 g/mol. The van der Waals surface area contributed by atoms with Gasteiger partial charge < -0.3 is 20.1 Å². The van der Waals surface area contributed by atoms with Gasteiger partial charge in [-0.05, 0) is 30.2 Å². The van der Waals surface area contributed by atoms with Gasteiger partial charge in [-0.2, -0.15) is 0 Å². The van der Waals surface area contributed by atoms with Crippen LogP contribution in [0, 0.1) is 6.92 Å². The van der Waals surface area contributed by atoms with Crippen LogP contribution in [0.5, 0.6) is 0 Å². The molecule has 0 bridgehead atoms. The number of aromatic nitrogens is 3. The number of guanidine groups is 1. The lowest BCUT2D eigenvalue weighted by Crippen LogP contribution is -2.37. The largest absolute Gasteiger partial charge is 0.352 e. The van der Waals surface area contributed by atoms with E-state index in [1.54, 1.807) is 19.0 Å².